The third kappa shape index (κ3) is 2.71. The zero-order valence-corrected chi connectivity index (χ0v) is 11.4. The summed E-state index contributed by atoms with van der Waals surface area (Å²) in [6.07, 6.45) is 2.98. The third-order valence-corrected chi connectivity index (χ3v) is 5.17. The zero-order chi connectivity index (χ0) is 12.3. The van der Waals surface area contributed by atoms with Crippen LogP contribution in [0.2, 0.25) is 0 Å². The van der Waals surface area contributed by atoms with Gasteiger partial charge >= 0.3 is 0 Å². The van der Waals surface area contributed by atoms with E-state index in [1.165, 1.54) is 0 Å². The van der Waals surface area contributed by atoms with Gasteiger partial charge < -0.3 is 10.2 Å². The van der Waals surface area contributed by atoms with Gasteiger partial charge in [-0.1, -0.05) is 13.3 Å². The second-order valence-electron chi connectivity index (χ2n) is 5.10. The molecule has 98 valence electrons. The van der Waals surface area contributed by atoms with Crippen molar-refractivity contribution in [3.63, 3.8) is 0 Å². The Morgan fingerprint density at radius 1 is 1.41 bits per heavy atom. The minimum Gasteiger partial charge on any atom is -0.340 e. The Hall–Kier alpha value is -0.420. The van der Waals surface area contributed by atoms with Crippen LogP contribution in [0.4, 0.5) is 0 Å². The summed E-state index contributed by atoms with van der Waals surface area (Å²) in [5, 5.41) is 3.32. The van der Waals surface area contributed by atoms with E-state index in [4.69, 9.17) is 0 Å². The van der Waals surface area contributed by atoms with Gasteiger partial charge in [0.2, 0.25) is 5.91 Å². The molecule has 0 aliphatic carbocycles. The van der Waals surface area contributed by atoms with Crippen LogP contribution in [0, 0.1) is 5.41 Å². The number of carbonyl (C=O) groups is 1. The van der Waals surface area contributed by atoms with E-state index >= 15 is 0 Å². The molecule has 2 aliphatic heterocycles. The van der Waals surface area contributed by atoms with Crippen LogP contribution in [0.1, 0.15) is 26.2 Å². The smallest absolute Gasteiger partial charge is 0.230 e. The van der Waals surface area contributed by atoms with Crippen molar-refractivity contribution < 1.29 is 9.00 Å². The van der Waals surface area contributed by atoms with E-state index in [-0.39, 0.29) is 5.41 Å². The minimum absolute atomic E-state index is 0.173. The molecule has 2 saturated heterocycles. The fourth-order valence-corrected chi connectivity index (χ4v) is 3.95. The van der Waals surface area contributed by atoms with Crippen molar-refractivity contribution in [2.24, 2.45) is 5.41 Å². The minimum atomic E-state index is -0.706. The van der Waals surface area contributed by atoms with Crippen LogP contribution >= 0.6 is 0 Å². The Morgan fingerprint density at radius 3 is 2.65 bits per heavy atom. The molecule has 1 amide bonds. The van der Waals surface area contributed by atoms with Gasteiger partial charge in [-0.25, -0.2) is 0 Å². The van der Waals surface area contributed by atoms with Crippen molar-refractivity contribution in [2.75, 3.05) is 37.7 Å². The second-order valence-corrected chi connectivity index (χ2v) is 6.79. The summed E-state index contributed by atoms with van der Waals surface area (Å²) in [4.78, 5) is 14.5. The third-order valence-electron chi connectivity index (χ3n) is 3.89. The van der Waals surface area contributed by atoms with Crippen molar-refractivity contribution in [2.45, 2.75) is 26.2 Å². The molecule has 0 aromatic heterocycles. The van der Waals surface area contributed by atoms with Gasteiger partial charge in [-0.15, -0.1) is 0 Å². The molecule has 2 heterocycles. The average Bonchev–Trinajstić information content (AvgIpc) is 2.79. The van der Waals surface area contributed by atoms with Gasteiger partial charge in [0.1, 0.15) is 0 Å². The standard InChI is InChI=1S/C12H22N2O2S/c1-2-3-12(4-5-13-10-12)11(15)14-6-8-17(16)9-7-14/h13H,2-10H2,1H3. The molecule has 5 heteroatoms. The Balaban J connectivity index is 2.03. The Bertz CT molecular complexity index is 304. The van der Waals surface area contributed by atoms with Crippen LogP contribution in [-0.4, -0.2) is 52.7 Å². The van der Waals surface area contributed by atoms with Gasteiger partial charge in [0.25, 0.3) is 0 Å². The summed E-state index contributed by atoms with van der Waals surface area (Å²) in [6, 6.07) is 0. The lowest BCUT2D eigenvalue weighted by Gasteiger charge is -2.35. The monoisotopic (exact) mass is 258 g/mol. The molecule has 0 bridgehead atoms. The van der Waals surface area contributed by atoms with Crippen LogP contribution in [0.25, 0.3) is 0 Å². The molecular formula is C12H22N2O2S. The first-order valence-electron chi connectivity index (χ1n) is 6.53. The van der Waals surface area contributed by atoms with E-state index in [1.54, 1.807) is 0 Å². The second kappa shape index (κ2) is 5.48. The van der Waals surface area contributed by atoms with E-state index in [1.807, 2.05) is 4.90 Å². The average molecular weight is 258 g/mol. The Kier molecular flexibility index (Phi) is 4.20. The number of rotatable bonds is 3. The highest BCUT2D eigenvalue weighted by atomic mass is 32.2. The first-order chi connectivity index (χ1) is 8.18. The summed E-state index contributed by atoms with van der Waals surface area (Å²) < 4.78 is 11.3. The SMILES string of the molecule is CCCC1(C(=O)N2CCS(=O)CC2)CCNC1. The maximum absolute atomic E-state index is 12.6. The van der Waals surface area contributed by atoms with E-state index < -0.39 is 10.8 Å². The van der Waals surface area contributed by atoms with E-state index in [0.717, 1.165) is 32.4 Å². The zero-order valence-electron chi connectivity index (χ0n) is 10.5. The first-order valence-corrected chi connectivity index (χ1v) is 8.02. The lowest BCUT2D eigenvalue weighted by atomic mass is 9.81. The predicted molar refractivity (Wildman–Crippen MR) is 69.3 cm³/mol. The van der Waals surface area contributed by atoms with Crippen LogP contribution < -0.4 is 5.32 Å². The molecule has 4 nitrogen and oxygen atoms in total. The number of hydrogen-bond acceptors (Lipinski definition) is 3. The molecule has 0 radical (unpaired) electrons. The summed E-state index contributed by atoms with van der Waals surface area (Å²) in [5.41, 5.74) is -0.173. The Morgan fingerprint density at radius 2 is 2.12 bits per heavy atom. The molecule has 0 aromatic carbocycles. The summed E-state index contributed by atoms with van der Waals surface area (Å²) in [6.45, 7) is 5.26. The van der Waals surface area contributed by atoms with Gasteiger partial charge in [-0.05, 0) is 19.4 Å². The molecule has 2 aliphatic rings. The number of carbonyl (C=O) groups excluding carboxylic acids is 1. The van der Waals surface area contributed by atoms with Crippen LogP contribution in [0.5, 0.6) is 0 Å². The molecule has 1 N–H and O–H groups in total. The summed E-state index contributed by atoms with van der Waals surface area (Å²) in [7, 11) is -0.706. The van der Waals surface area contributed by atoms with Gasteiger partial charge in [0.15, 0.2) is 0 Å². The molecular weight excluding hydrogens is 236 g/mol. The largest absolute Gasteiger partial charge is 0.340 e. The molecule has 0 spiro atoms. The van der Waals surface area contributed by atoms with E-state index in [2.05, 4.69) is 12.2 Å². The van der Waals surface area contributed by atoms with Crippen molar-refractivity contribution in [1.29, 1.82) is 0 Å². The highest BCUT2D eigenvalue weighted by Gasteiger charge is 2.43. The van der Waals surface area contributed by atoms with Crippen LogP contribution in [-0.2, 0) is 15.6 Å². The van der Waals surface area contributed by atoms with E-state index in [0.29, 0.717) is 30.5 Å². The van der Waals surface area contributed by atoms with Crippen molar-refractivity contribution in [1.82, 2.24) is 10.2 Å². The lowest BCUT2D eigenvalue weighted by Crippen LogP contribution is -2.50. The number of amides is 1. The van der Waals surface area contributed by atoms with Crippen LogP contribution in [0.15, 0.2) is 0 Å². The van der Waals surface area contributed by atoms with Gasteiger partial charge in [0, 0.05) is 41.9 Å². The van der Waals surface area contributed by atoms with Crippen molar-refractivity contribution in [3.05, 3.63) is 0 Å². The molecule has 0 saturated carbocycles. The van der Waals surface area contributed by atoms with Crippen LogP contribution in [0.3, 0.4) is 0 Å². The molecule has 0 aromatic rings. The quantitative estimate of drug-likeness (QED) is 0.795. The van der Waals surface area contributed by atoms with Gasteiger partial charge in [-0.3, -0.25) is 9.00 Å². The van der Waals surface area contributed by atoms with Gasteiger partial charge in [-0.2, -0.15) is 0 Å². The lowest BCUT2D eigenvalue weighted by molar-refractivity contribution is -0.141. The molecule has 2 rings (SSSR count). The number of nitrogens with one attached hydrogen (secondary N) is 1. The molecule has 1 unspecified atom stereocenters. The molecule has 17 heavy (non-hydrogen) atoms. The maximum Gasteiger partial charge on any atom is 0.230 e. The highest BCUT2D eigenvalue weighted by Crippen LogP contribution is 2.33. The number of hydrogen-bond donors (Lipinski definition) is 1. The maximum atomic E-state index is 12.6. The van der Waals surface area contributed by atoms with E-state index in [9.17, 15) is 9.00 Å². The van der Waals surface area contributed by atoms with Gasteiger partial charge in [0.05, 0.1) is 5.41 Å². The topological polar surface area (TPSA) is 49.4 Å². The molecule has 1 atom stereocenters. The predicted octanol–water partition coefficient (Wildman–Crippen LogP) is 0.357. The normalized spacial score (nSPS) is 30.8. The highest BCUT2D eigenvalue weighted by molar-refractivity contribution is 7.85. The summed E-state index contributed by atoms with van der Waals surface area (Å²) >= 11 is 0. The Labute approximate surface area is 106 Å². The van der Waals surface area contributed by atoms with Crippen molar-refractivity contribution in [3.8, 4) is 0 Å². The fraction of sp³-hybridized carbons (Fsp3) is 0.917. The first kappa shape index (κ1) is 13.0. The summed E-state index contributed by atoms with van der Waals surface area (Å²) in [5.74, 6) is 1.60. The van der Waals surface area contributed by atoms with Crippen molar-refractivity contribution >= 4 is 16.7 Å². The number of nitrogens with zero attached hydrogens (tertiary/aromatic N) is 1. The fourth-order valence-electron chi connectivity index (χ4n) is 2.90. The molecule has 2 fully saturated rings.